The lowest BCUT2D eigenvalue weighted by atomic mass is 9.89. The van der Waals surface area contributed by atoms with Crippen LogP contribution in [0.4, 0.5) is 13.2 Å². The minimum absolute atomic E-state index is 0.108. The quantitative estimate of drug-likeness (QED) is 0.854. The van der Waals surface area contributed by atoms with Crippen LogP contribution in [0.1, 0.15) is 55.3 Å². The molecule has 3 atom stereocenters. The van der Waals surface area contributed by atoms with Crippen LogP contribution >= 0.6 is 0 Å². The van der Waals surface area contributed by atoms with E-state index < -0.39 is 11.7 Å². The molecule has 0 aliphatic heterocycles. The summed E-state index contributed by atoms with van der Waals surface area (Å²) in [4.78, 5) is 0. The van der Waals surface area contributed by atoms with Crippen LogP contribution < -0.4 is 5.32 Å². The molecular formula is C17H21F3N2O. The van der Waals surface area contributed by atoms with E-state index in [1.54, 1.807) is 19.9 Å². The maximum Gasteiger partial charge on any atom is 0.416 e. The molecule has 1 aromatic carbocycles. The monoisotopic (exact) mass is 326 g/mol. The number of hydrogen-bond donors (Lipinski definition) is 1. The van der Waals surface area contributed by atoms with Crippen molar-refractivity contribution in [2.24, 2.45) is 0 Å². The molecular weight excluding hydrogens is 305 g/mol. The van der Waals surface area contributed by atoms with E-state index in [0.29, 0.717) is 11.3 Å². The van der Waals surface area contributed by atoms with Crippen LogP contribution in [0.5, 0.6) is 0 Å². The molecule has 0 saturated heterocycles. The first-order valence-corrected chi connectivity index (χ1v) is 7.55. The lowest BCUT2D eigenvalue weighted by Crippen LogP contribution is -2.34. The molecule has 1 heterocycles. The Labute approximate surface area is 133 Å². The molecule has 1 aromatic heterocycles. The number of alkyl halides is 3. The maximum absolute atomic E-state index is 13.2. The lowest BCUT2D eigenvalue weighted by molar-refractivity contribution is -0.138. The van der Waals surface area contributed by atoms with Crippen LogP contribution in [0.25, 0.3) is 0 Å². The van der Waals surface area contributed by atoms with Gasteiger partial charge in [-0.25, -0.2) is 0 Å². The van der Waals surface area contributed by atoms with Crippen molar-refractivity contribution in [2.45, 2.75) is 51.9 Å². The molecule has 2 rings (SSSR count). The zero-order valence-electron chi connectivity index (χ0n) is 13.6. The highest BCUT2D eigenvalue weighted by molar-refractivity contribution is 5.33. The van der Waals surface area contributed by atoms with Gasteiger partial charge in [0.15, 0.2) is 0 Å². The number of aromatic nitrogens is 1. The smallest absolute Gasteiger partial charge is 0.361 e. The molecule has 6 heteroatoms. The van der Waals surface area contributed by atoms with E-state index >= 15 is 0 Å². The Bertz CT molecular complexity index is 651. The molecule has 0 fully saturated rings. The molecule has 0 saturated carbocycles. The van der Waals surface area contributed by atoms with Crippen LogP contribution in [0, 0.1) is 6.92 Å². The summed E-state index contributed by atoms with van der Waals surface area (Å²) >= 11 is 0. The van der Waals surface area contributed by atoms with Crippen molar-refractivity contribution in [3.05, 3.63) is 52.9 Å². The van der Waals surface area contributed by atoms with Crippen LogP contribution in [-0.2, 0) is 6.18 Å². The van der Waals surface area contributed by atoms with E-state index in [1.807, 2.05) is 19.9 Å². The van der Waals surface area contributed by atoms with Crippen molar-refractivity contribution in [2.75, 3.05) is 0 Å². The molecule has 2 aromatic rings. The highest BCUT2D eigenvalue weighted by Gasteiger charge is 2.35. The molecule has 23 heavy (non-hydrogen) atoms. The number of hydrogen-bond acceptors (Lipinski definition) is 3. The minimum atomic E-state index is -4.35. The average molecular weight is 326 g/mol. The molecule has 0 amide bonds. The van der Waals surface area contributed by atoms with Crippen molar-refractivity contribution in [1.82, 2.24) is 10.5 Å². The van der Waals surface area contributed by atoms with E-state index in [4.69, 9.17) is 4.52 Å². The third-order valence-electron chi connectivity index (χ3n) is 4.11. The van der Waals surface area contributed by atoms with E-state index in [9.17, 15) is 13.2 Å². The Morgan fingerprint density at radius 3 is 2.35 bits per heavy atom. The SMILES string of the molecule is Cc1cc([C@H](C)N[C@H](C)[C@@H](C)c2ccccc2C(F)(F)F)no1. The molecule has 0 unspecified atom stereocenters. The van der Waals surface area contributed by atoms with Gasteiger partial charge in [0.1, 0.15) is 11.5 Å². The summed E-state index contributed by atoms with van der Waals surface area (Å²) in [5.41, 5.74) is 0.459. The fraction of sp³-hybridized carbons (Fsp3) is 0.471. The van der Waals surface area contributed by atoms with Gasteiger partial charge in [-0.15, -0.1) is 0 Å². The normalized spacial score (nSPS) is 16.1. The lowest BCUT2D eigenvalue weighted by Gasteiger charge is -2.27. The molecule has 0 radical (unpaired) electrons. The highest BCUT2D eigenvalue weighted by Crippen LogP contribution is 2.36. The van der Waals surface area contributed by atoms with E-state index in [2.05, 4.69) is 10.5 Å². The Kier molecular flexibility index (Phi) is 5.14. The van der Waals surface area contributed by atoms with Crippen molar-refractivity contribution in [3.63, 3.8) is 0 Å². The number of rotatable bonds is 5. The van der Waals surface area contributed by atoms with Gasteiger partial charge in [-0.05, 0) is 38.3 Å². The van der Waals surface area contributed by atoms with E-state index in [1.165, 1.54) is 12.1 Å². The van der Waals surface area contributed by atoms with Crippen LogP contribution in [0.3, 0.4) is 0 Å². The van der Waals surface area contributed by atoms with Crippen LogP contribution in [0.2, 0.25) is 0 Å². The number of benzene rings is 1. The molecule has 3 nitrogen and oxygen atoms in total. The fourth-order valence-electron chi connectivity index (χ4n) is 2.64. The Balaban J connectivity index is 2.15. The third-order valence-corrected chi connectivity index (χ3v) is 4.11. The predicted octanol–water partition coefficient (Wildman–Crippen LogP) is 4.84. The second-order valence-corrected chi connectivity index (χ2v) is 5.91. The van der Waals surface area contributed by atoms with E-state index in [0.717, 1.165) is 11.8 Å². The summed E-state index contributed by atoms with van der Waals surface area (Å²) in [7, 11) is 0. The number of nitrogens with zero attached hydrogens (tertiary/aromatic N) is 1. The summed E-state index contributed by atoms with van der Waals surface area (Å²) in [6.07, 6.45) is -4.35. The number of aryl methyl sites for hydroxylation is 1. The van der Waals surface area contributed by atoms with Gasteiger partial charge >= 0.3 is 6.18 Å². The summed E-state index contributed by atoms with van der Waals surface area (Å²) < 4.78 is 44.5. The summed E-state index contributed by atoms with van der Waals surface area (Å²) in [5.74, 6) is 0.403. The molecule has 1 N–H and O–H groups in total. The molecule has 0 aliphatic carbocycles. The van der Waals surface area contributed by atoms with Gasteiger partial charge in [-0.1, -0.05) is 30.3 Å². The Morgan fingerprint density at radius 1 is 1.13 bits per heavy atom. The zero-order chi connectivity index (χ0) is 17.2. The highest BCUT2D eigenvalue weighted by atomic mass is 19.4. The van der Waals surface area contributed by atoms with Crippen molar-refractivity contribution < 1.29 is 17.7 Å². The second-order valence-electron chi connectivity index (χ2n) is 5.91. The van der Waals surface area contributed by atoms with Gasteiger partial charge in [0, 0.05) is 12.1 Å². The first-order valence-electron chi connectivity index (χ1n) is 7.55. The van der Waals surface area contributed by atoms with Crippen molar-refractivity contribution >= 4 is 0 Å². The van der Waals surface area contributed by atoms with Crippen LogP contribution in [-0.4, -0.2) is 11.2 Å². The van der Waals surface area contributed by atoms with Gasteiger partial charge in [-0.3, -0.25) is 0 Å². The largest absolute Gasteiger partial charge is 0.416 e. The first kappa shape index (κ1) is 17.5. The van der Waals surface area contributed by atoms with Crippen molar-refractivity contribution in [1.29, 1.82) is 0 Å². The molecule has 0 bridgehead atoms. The Hall–Kier alpha value is -1.82. The predicted molar refractivity (Wildman–Crippen MR) is 82.1 cm³/mol. The summed E-state index contributed by atoms with van der Waals surface area (Å²) in [6.45, 7) is 7.38. The van der Waals surface area contributed by atoms with Gasteiger partial charge in [-0.2, -0.15) is 13.2 Å². The number of halogens is 3. The van der Waals surface area contributed by atoms with Crippen molar-refractivity contribution in [3.8, 4) is 0 Å². The first-order chi connectivity index (χ1) is 10.7. The average Bonchev–Trinajstić information content (AvgIpc) is 2.92. The van der Waals surface area contributed by atoms with Gasteiger partial charge in [0.25, 0.3) is 0 Å². The maximum atomic E-state index is 13.2. The number of nitrogens with one attached hydrogen (secondary N) is 1. The molecule has 0 spiro atoms. The van der Waals surface area contributed by atoms with Gasteiger partial charge < -0.3 is 9.84 Å². The molecule has 126 valence electrons. The minimum Gasteiger partial charge on any atom is -0.361 e. The summed E-state index contributed by atoms with van der Waals surface area (Å²) in [6, 6.07) is 7.27. The third kappa shape index (κ3) is 4.13. The fourth-order valence-corrected chi connectivity index (χ4v) is 2.64. The second kappa shape index (κ2) is 6.74. The Morgan fingerprint density at radius 2 is 1.78 bits per heavy atom. The van der Waals surface area contributed by atoms with E-state index in [-0.39, 0.29) is 18.0 Å². The summed E-state index contributed by atoms with van der Waals surface area (Å²) in [5, 5.41) is 7.24. The standard InChI is InChI=1S/C17H21F3N2O/c1-10-9-16(22-23-10)13(4)21-12(3)11(2)14-7-5-6-8-15(14)17(18,19)20/h5-9,11-13,21H,1-4H3/t11-,12-,13+/m1/s1. The topological polar surface area (TPSA) is 38.1 Å². The molecule has 0 aliphatic rings. The van der Waals surface area contributed by atoms with Gasteiger partial charge in [0.05, 0.1) is 11.6 Å². The zero-order valence-corrected chi connectivity index (χ0v) is 13.6. The van der Waals surface area contributed by atoms with Crippen LogP contribution in [0.15, 0.2) is 34.9 Å². The van der Waals surface area contributed by atoms with Gasteiger partial charge in [0.2, 0.25) is 0 Å².